The highest BCUT2D eigenvalue weighted by atomic mass is 19.1. The summed E-state index contributed by atoms with van der Waals surface area (Å²) in [6.07, 6.45) is 0. The van der Waals surface area contributed by atoms with Gasteiger partial charge in [-0.25, -0.2) is 4.39 Å². The van der Waals surface area contributed by atoms with E-state index in [1.54, 1.807) is 0 Å². The zero-order valence-corrected chi connectivity index (χ0v) is 10.7. The van der Waals surface area contributed by atoms with Gasteiger partial charge in [-0.3, -0.25) is 4.90 Å². The molecule has 0 fully saturated rings. The minimum absolute atomic E-state index is 0.191. The molecule has 2 N–H and O–H groups in total. The number of halogens is 1. The highest BCUT2D eigenvalue weighted by Gasteiger charge is 2.28. The monoisotopic (exact) mass is 256 g/mol. The Morgan fingerprint density at radius 2 is 1.84 bits per heavy atom. The molecule has 19 heavy (non-hydrogen) atoms. The molecule has 0 aromatic heterocycles. The average Bonchev–Trinajstić information content (AvgIpc) is 2.78. The smallest absolute Gasteiger partial charge is 0.123 e. The van der Waals surface area contributed by atoms with Crippen LogP contribution in [0.3, 0.4) is 0 Å². The van der Waals surface area contributed by atoms with Crippen molar-refractivity contribution in [2.24, 2.45) is 5.73 Å². The highest BCUT2D eigenvalue weighted by Crippen LogP contribution is 2.33. The minimum Gasteiger partial charge on any atom is -0.329 e. The predicted molar refractivity (Wildman–Crippen MR) is 73.9 cm³/mol. The normalized spacial score (nSPS) is 18.5. The Kier molecular flexibility index (Phi) is 3.32. The zero-order chi connectivity index (χ0) is 13.2. The van der Waals surface area contributed by atoms with Gasteiger partial charge in [0.25, 0.3) is 0 Å². The van der Waals surface area contributed by atoms with Gasteiger partial charge < -0.3 is 5.73 Å². The van der Waals surface area contributed by atoms with Gasteiger partial charge in [-0.05, 0) is 28.8 Å². The van der Waals surface area contributed by atoms with E-state index in [0.717, 1.165) is 18.7 Å². The molecule has 1 aliphatic heterocycles. The van der Waals surface area contributed by atoms with Crippen molar-refractivity contribution in [1.29, 1.82) is 0 Å². The first-order valence-electron chi connectivity index (χ1n) is 6.54. The quantitative estimate of drug-likeness (QED) is 0.915. The molecule has 2 nitrogen and oxygen atoms in total. The Labute approximate surface area is 112 Å². The lowest BCUT2D eigenvalue weighted by Crippen LogP contribution is -2.27. The third-order valence-electron chi connectivity index (χ3n) is 3.75. The Bertz CT molecular complexity index is 565. The third kappa shape index (κ3) is 2.39. The second kappa shape index (κ2) is 5.11. The Hall–Kier alpha value is -1.71. The molecular formula is C16H17FN2. The fraction of sp³-hybridized carbons (Fsp3) is 0.250. The van der Waals surface area contributed by atoms with Crippen molar-refractivity contribution in [3.05, 3.63) is 71.0 Å². The van der Waals surface area contributed by atoms with E-state index < -0.39 is 0 Å². The topological polar surface area (TPSA) is 29.3 Å². The summed E-state index contributed by atoms with van der Waals surface area (Å²) in [7, 11) is 0. The number of nitrogens with two attached hydrogens (primary N) is 1. The van der Waals surface area contributed by atoms with Crippen molar-refractivity contribution < 1.29 is 4.39 Å². The SMILES string of the molecule is NCC1c2ccccc2CN1Cc1ccc(F)cc1. The number of benzene rings is 2. The van der Waals surface area contributed by atoms with Gasteiger partial charge in [0.2, 0.25) is 0 Å². The van der Waals surface area contributed by atoms with Gasteiger partial charge in [-0.2, -0.15) is 0 Å². The van der Waals surface area contributed by atoms with Crippen molar-refractivity contribution >= 4 is 0 Å². The van der Waals surface area contributed by atoms with Crippen molar-refractivity contribution in [3.63, 3.8) is 0 Å². The summed E-state index contributed by atoms with van der Waals surface area (Å²) in [6.45, 7) is 2.32. The van der Waals surface area contributed by atoms with E-state index in [0.29, 0.717) is 6.54 Å². The first-order valence-corrected chi connectivity index (χ1v) is 6.54. The zero-order valence-electron chi connectivity index (χ0n) is 10.7. The van der Waals surface area contributed by atoms with E-state index in [1.165, 1.54) is 23.3 Å². The van der Waals surface area contributed by atoms with E-state index in [4.69, 9.17) is 5.73 Å². The van der Waals surface area contributed by atoms with Crippen molar-refractivity contribution in [2.45, 2.75) is 19.1 Å². The molecule has 3 rings (SSSR count). The summed E-state index contributed by atoms with van der Waals surface area (Å²) in [5, 5.41) is 0. The summed E-state index contributed by atoms with van der Waals surface area (Å²) >= 11 is 0. The van der Waals surface area contributed by atoms with Gasteiger partial charge in [0.15, 0.2) is 0 Å². The Morgan fingerprint density at radius 3 is 2.58 bits per heavy atom. The first kappa shape index (κ1) is 12.3. The summed E-state index contributed by atoms with van der Waals surface area (Å²) in [5.41, 5.74) is 9.71. The second-order valence-corrected chi connectivity index (χ2v) is 4.98. The second-order valence-electron chi connectivity index (χ2n) is 4.98. The molecule has 98 valence electrons. The molecule has 0 spiro atoms. The van der Waals surface area contributed by atoms with Crippen LogP contribution in [-0.2, 0) is 13.1 Å². The van der Waals surface area contributed by atoms with Crippen LogP contribution in [0.1, 0.15) is 22.7 Å². The fourth-order valence-electron chi connectivity index (χ4n) is 2.80. The Balaban J connectivity index is 1.81. The number of hydrogen-bond acceptors (Lipinski definition) is 2. The molecular weight excluding hydrogens is 239 g/mol. The number of hydrogen-bond donors (Lipinski definition) is 1. The molecule has 0 saturated carbocycles. The van der Waals surface area contributed by atoms with Gasteiger partial charge in [0, 0.05) is 25.7 Å². The molecule has 3 heteroatoms. The van der Waals surface area contributed by atoms with Crippen LogP contribution in [0.15, 0.2) is 48.5 Å². The maximum Gasteiger partial charge on any atom is 0.123 e. The molecule has 1 unspecified atom stereocenters. The fourth-order valence-corrected chi connectivity index (χ4v) is 2.80. The first-order chi connectivity index (χ1) is 9.28. The predicted octanol–water partition coefficient (Wildman–Crippen LogP) is 2.84. The van der Waals surface area contributed by atoms with Crippen LogP contribution in [0.2, 0.25) is 0 Å². The Morgan fingerprint density at radius 1 is 1.11 bits per heavy atom. The van der Waals surface area contributed by atoms with E-state index in [1.807, 2.05) is 12.1 Å². The molecule has 0 aliphatic carbocycles. The number of rotatable bonds is 3. The minimum atomic E-state index is -0.191. The van der Waals surface area contributed by atoms with E-state index >= 15 is 0 Å². The lowest BCUT2D eigenvalue weighted by molar-refractivity contribution is 0.211. The van der Waals surface area contributed by atoms with E-state index in [2.05, 4.69) is 29.2 Å². The van der Waals surface area contributed by atoms with E-state index in [9.17, 15) is 4.39 Å². The van der Waals surface area contributed by atoms with Gasteiger partial charge in [0.1, 0.15) is 5.82 Å². The summed E-state index contributed by atoms with van der Waals surface area (Å²) in [4.78, 5) is 2.35. The summed E-state index contributed by atoms with van der Waals surface area (Å²) in [6, 6.07) is 15.4. The van der Waals surface area contributed by atoms with Crippen LogP contribution >= 0.6 is 0 Å². The van der Waals surface area contributed by atoms with Crippen molar-refractivity contribution in [3.8, 4) is 0 Å². The van der Waals surface area contributed by atoms with Gasteiger partial charge >= 0.3 is 0 Å². The van der Waals surface area contributed by atoms with Gasteiger partial charge in [-0.1, -0.05) is 36.4 Å². The highest BCUT2D eigenvalue weighted by molar-refractivity contribution is 5.34. The van der Waals surface area contributed by atoms with Gasteiger partial charge in [-0.15, -0.1) is 0 Å². The maximum atomic E-state index is 12.9. The number of nitrogens with zero attached hydrogens (tertiary/aromatic N) is 1. The molecule has 0 bridgehead atoms. The van der Waals surface area contributed by atoms with Crippen LogP contribution in [0, 0.1) is 5.82 Å². The third-order valence-corrected chi connectivity index (χ3v) is 3.75. The number of fused-ring (bicyclic) bond motifs is 1. The molecule has 0 radical (unpaired) electrons. The molecule has 2 aromatic carbocycles. The molecule has 1 heterocycles. The average molecular weight is 256 g/mol. The van der Waals surface area contributed by atoms with Crippen molar-refractivity contribution in [1.82, 2.24) is 4.90 Å². The molecule has 2 aromatic rings. The van der Waals surface area contributed by atoms with E-state index in [-0.39, 0.29) is 11.9 Å². The van der Waals surface area contributed by atoms with Crippen LogP contribution < -0.4 is 5.73 Å². The van der Waals surface area contributed by atoms with Crippen LogP contribution in [0.25, 0.3) is 0 Å². The molecule has 0 saturated heterocycles. The standard InChI is InChI=1S/C16H17FN2/c17-14-7-5-12(6-8-14)10-19-11-13-3-1-2-4-15(13)16(19)9-18/h1-8,16H,9-11,18H2. The molecule has 0 amide bonds. The maximum absolute atomic E-state index is 12.9. The summed E-state index contributed by atoms with van der Waals surface area (Å²) < 4.78 is 12.9. The van der Waals surface area contributed by atoms with Crippen LogP contribution in [0.4, 0.5) is 4.39 Å². The molecule has 1 atom stereocenters. The largest absolute Gasteiger partial charge is 0.329 e. The van der Waals surface area contributed by atoms with Crippen LogP contribution in [-0.4, -0.2) is 11.4 Å². The molecule has 1 aliphatic rings. The lowest BCUT2D eigenvalue weighted by atomic mass is 10.1. The van der Waals surface area contributed by atoms with Gasteiger partial charge in [0.05, 0.1) is 0 Å². The van der Waals surface area contributed by atoms with Crippen molar-refractivity contribution in [2.75, 3.05) is 6.54 Å². The van der Waals surface area contributed by atoms with Crippen LogP contribution in [0.5, 0.6) is 0 Å². The summed E-state index contributed by atoms with van der Waals surface area (Å²) in [5.74, 6) is -0.191. The lowest BCUT2D eigenvalue weighted by Gasteiger charge is -2.23.